The van der Waals surface area contributed by atoms with Crippen molar-refractivity contribution >= 4 is 28.6 Å². The van der Waals surface area contributed by atoms with Crippen molar-refractivity contribution in [2.75, 3.05) is 5.75 Å². The van der Waals surface area contributed by atoms with Gasteiger partial charge in [-0.05, 0) is 35.7 Å². The Morgan fingerprint density at radius 3 is 2.62 bits per heavy atom. The molecule has 5 rings (SSSR count). The number of aryl methyl sites for hydroxylation is 1. The molecular weight excluding hydrogens is 444 g/mol. The molecule has 1 atom stereocenters. The summed E-state index contributed by atoms with van der Waals surface area (Å²) in [5.41, 5.74) is 3.98. The lowest BCUT2D eigenvalue weighted by atomic mass is 10.0. The minimum absolute atomic E-state index is 0.113. The molecule has 1 unspecified atom stereocenters. The van der Waals surface area contributed by atoms with Gasteiger partial charge < -0.3 is 9.73 Å². The average Bonchev–Trinajstić information content (AvgIpc) is 3.53. The summed E-state index contributed by atoms with van der Waals surface area (Å²) in [6.07, 6.45) is 2.59. The zero-order valence-corrected chi connectivity index (χ0v) is 19.5. The van der Waals surface area contributed by atoms with Crippen molar-refractivity contribution in [2.45, 2.75) is 24.5 Å². The minimum Gasteiger partial charge on any atom is -0.459 e. The van der Waals surface area contributed by atoms with Gasteiger partial charge in [0.05, 0.1) is 11.4 Å². The number of nitrogens with one attached hydrogen (secondary N) is 1. The van der Waals surface area contributed by atoms with E-state index in [1.165, 1.54) is 17.3 Å². The Balaban J connectivity index is 1.35. The highest BCUT2D eigenvalue weighted by atomic mass is 32.2. The quantitative estimate of drug-likeness (QED) is 0.301. The second kappa shape index (κ2) is 9.97. The van der Waals surface area contributed by atoms with Crippen LogP contribution in [0.25, 0.3) is 16.7 Å². The van der Waals surface area contributed by atoms with Gasteiger partial charge in [0, 0.05) is 5.39 Å². The first-order valence-electron chi connectivity index (χ1n) is 11.2. The molecule has 5 aromatic rings. The Kier molecular flexibility index (Phi) is 6.44. The summed E-state index contributed by atoms with van der Waals surface area (Å²) in [6.45, 7) is 2.12. The zero-order valence-electron chi connectivity index (χ0n) is 18.7. The van der Waals surface area contributed by atoms with E-state index in [1.54, 1.807) is 6.33 Å². The number of furan rings is 1. The number of rotatable bonds is 8. The number of carbonyl (C=O) groups is 1. The van der Waals surface area contributed by atoms with Crippen LogP contribution in [-0.4, -0.2) is 26.4 Å². The second-order valence-corrected chi connectivity index (χ2v) is 8.79. The molecule has 34 heavy (non-hydrogen) atoms. The maximum absolute atomic E-state index is 13.1. The molecule has 1 N–H and O–H groups in total. The predicted molar refractivity (Wildman–Crippen MR) is 134 cm³/mol. The molecule has 170 valence electrons. The highest BCUT2D eigenvalue weighted by molar-refractivity contribution is 7.99. The topological polar surface area (TPSA) is 73.0 Å². The van der Waals surface area contributed by atoms with E-state index in [0.29, 0.717) is 10.9 Å². The molecule has 0 radical (unpaired) electrons. The van der Waals surface area contributed by atoms with Crippen molar-refractivity contribution in [3.63, 3.8) is 0 Å². The van der Waals surface area contributed by atoms with Crippen LogP contribution in [0.1, 0.15) is 29.9 Å². The Morgan fingerprint density at radius 2 is 1.79 bits per heavy atom. The fraction of sp³-hybridized carbons (Fsp3) is 0.148. The summed E-state index contributed by atoms with van der Waals surface area (Å²) >= 11 is 1.36. The third-order valence-corrected chi connectivity index (χ3v) is 6.59. The molecule has 0 aliphatic rings. The van der Waals surface area contributed by atoms with E-state index in [2.05, 4.69) is 28.5 Å². The van der Waals surface area contributed by atoms with Crippen molar-refractivity contribution < 1.29 is 9.21 Å². The lowest BCUT2D eigenvalue weighted by molar-refractivity contribution is -0.119. The van der Waals surface area contributed by atoms with Gasteiger partial charge in [0.2, 0.25) is 5.91 Å². The van der Waals surface area contributed by atoms with Gasteiger partial charge in [0.25, 0.3) is 0 Å². The molecule has 3 aromatic carbocycles. The first-order valence-corrected chi connectivity index (χ1v) is 12.2. The Hall–Kier alpha value is -3.84. The van der Waals surface area contributed by atoms with Crippen LogP contribution in [0.2, 0.25) is 0 Å². The number of hydrogen-bond donors (Lipinski definition) is 1. The molecule has 0 aliphatic carbocycles. The van der Waals surface area contributed by atoms with Gasteiger partial charge in [-0.15, -0.1) is 10.2 Å². The van der Waals surface area contributed by atoms with Crippen LogP contribution < -0.4 is 5.32 Å². The van der Waals surface area contributed by atoms with E-state index < -0.39 is 0 Å². The van der Waals surface area contributed by atoms with Crippen molar-refractivity contribution in [1.82, 2.24) is 20.1 Å². The minimum atomic E-state index is -0.389. The Bertz CT molecular complexity index is 1380. The maximum Gasteiger partial charge on any atom is 0.231 e. The van der Waals surface area contributed by atoms with Crippen LogP contribution in [0, 0.1) is 0 Å². The lowest BCUT2D eigenvalue weighted by Gasteiger charge is -2.17. The largest absolute Gasteiger partial charge is 0.459 e. The first kappa shape index (κ1) is 22.0. The number of amides is 1. The SMILES string of the molecule is CCc1ccccc1-n1cnnc1SCC(=O)NC(c1ccccc1)c1cc2ccccc2o1. The number of aromatic nitrogens is 3. The molecule has 6 nitrogen and oxygen atoms in total. The van der Waals surface area contributed by atoms with Crippen LogP contribution >= 0.6 is 11.8 Å². The summed E-state index contributed by atoms with van der Waals surface area (Å²) in [6, 6.07) is 27.4. The Labute approximate surface area is 202 Å². The lowest BCUT2D eigenvalue weighted by Crippen LogP contribution is -2.30. The maximum atomic E-state index is 13.1. The van der Waals surface area contributed by atoms with Crippen LogP contribution in [0.5, 0.6) is 0 Å². The third-order valence-electron chi connectivity index (χ3n) is 5.65. The van der Waals surface area contributed by atoms with Gasteiger partial charge in [-0.2, -0.15) is 0 Å². The van der Waals surface area contributed by atoms with Gasteiger partial charge >= 0.3 is 0 Å². The predicted octanol–water partition coefficient (Wildman–Crippen LogP) is 5.57. The molecular formula is C27H24N4O2S. The smallest absolute Gasteiger partial charge is 0.231 e. The van der Waals surface area contributed by atoms with E-state index in [1.807, 2.05) is 83.4 Å². The van der Waals surface area contributed by atoms with Crippen molar-refractivity contribution in [3.8, 4) is 5.69 Å². The first-order chi connectivity index (χ1) is 16.7. The fourth-order valence-electron chi connectivity index (χ4n) is 3.97. The number of nitrogens with zero attached hydrogens (tertiary/aromatic N) is 3. The molecule has 2 heterocycles. The number of carbonyl (C=O) groups excluding carboxylic acids is 1. The van der Waals surface area contributed by atoms with Gasteiger partial charge in [-0.25, -0.2) is 0 Å². The van der Waals surface area contributed by atoms with Crippen molar-refractivity contribution in [1.29, 1.82) is 0 Å². The number of para-hydroxylation sites is 2. The van der Waals surface area contributed by atoms with Crippen LogP contribution in [0.4, 0.5) is 0 Å². The molecule has 1 amide bonds. The van der Waals surface area contributed by atoms with Gasteiger partial charge in [0.15, 0.2) is 5.16 Å². The van der Waals surface area contributed by atoms with Crippen molar-refractivity contribution in [2.24, 2.45) is 0 Å². The monoisotopic (exact) mass is 468 g/mol. The van der Waals surface area contributed by atoms with Gasteiger partial charge in [-0.3, -0.25) is 9.36 Å². The van der Waals surface area contributed by atoms with Crippen LogP contribution in [0.3, 0.4) is 0 Å². The highest BCUT2D eigenvalue weighted by Gasteiger charge is 2.21. The van der Waals surface area contributed by atoms with Gasteiger partial charge in [0.1, 0.15) is 23.7 Å². The van der Waals surface area contributed by atoms with E-state index in [-0.39, 0.29) is 17.7 Å². The molecule has 0 bridgehead atoms. The van der Waals surface area contributed by atoms with E-state index in [4.69, 9.17) is 4.42 Å². The number of thioether (sulfide) groups is 1. The molecule has 0 saturated carbocycles. The number of benzene rings is 3. The van der Waals surface area contributed by atoms with Crippen molar-refractivity contribution in [3.05, 3.63) is 108 Å². The zero-order chi connectivity index (χ0) is 23.3. The van der Waals surface area contributed by atoms with E-state index >= 15 is 0 Å². The number of hydrogen-bond acceptors (Lipinski definition) is 5. The molecule has 0 fully saturated rings. The van der Waals surface area contributed by atoms with Gasteiger partial charge in [-0.1, -0.05) is 85.4 Å². The summed E-state index contributed by atoms with van der Waals surface area (Å²) in [7, 11) is 0. The van der Waals surface area contributed by atoms with Crippen LogP contribution in [0.15, 0.2) is 101 Å². The van der Waals surface area contributed by atoms with E-state index in [9.17, 15) is 4.79 Å². The van der Waals surface area contributed by atoms with Crippen LogP contribution in [-0.2, 0) is 11.2 Å². The normalized spacial score (nSPS) is 12.0. The molecule has 7 heteroatoms. The molecule has 0 spiro atoms. The Morgan fingerprint density at radius 1 is 1.03 bits per heavy atom. The van der Waals surface area contributed by atoms with E-state index in [0.717, 1.165) is 28.6 Å². The highest BCUT2D eigenvalue weighted by Crippen LogP contribution is 2.29. The molecule has 0 saturated heterocycles. The summed E-state index contributed by atoms with van der Waals surface area (Å²) < 4.78 is 8.03. The third kappa shape index (κ3) is 4.61. The number of fused-ring (bicyclic) bond motifs is 1. The molecule has 0 aliphatic heterocycles. The average molecular weight is 469 g/mol. The second-order valence-electron chi connectivity index (χ2n) is 7.85. The standard InChI is InChI=1S/C27H24N4O2S/c1-2-19-10-6-8-14-22(19)31-18-28-30-27(31)34-17-25(32)29-26(20-11-4-3-5-12-20)24-16-21-13-7-9-15-23(21)33-24/h3-16,18,26H,2,17H2,1H3,(H,29,32). The summed E-state index contributed by atoms with van der Waals surface area (Å²) in [4.78, 5) is 13.1. The summed E-state index contributed by atoms with van der Waals surface area (Å²) in [5.74, 6) is 0.791. The molecule has 2 aromatic heterocycles. The summed E-state index contributed by atoms with van der Waals surface area (Å²) in [5, 5.41) is 13.1. The fourth-order valence-corrected chi connectivity index (χ4v) is 4.71.